The maximum Gasteiger partial charge on any atom is 0.212 e. The first-order chi connectivity index (χ1) is 13.6. The summed E-state index contributed by atoms with van der Waals surface area (Å²) < 4.78 is 7.94. The van der Waals surface area contributed by atoms with Gasteiger partial charge in [-0.3, -0.25) is 14.5 Å². The molecule has 0 amide bonds. The van der Waals surface area contributed by atoms with E-state index in [1.165, 1.54) is 18.4 Å². The Kier molecular flexibility index (Phi) is 5.51. The Morgan fingerprint density at radius 2 is 2.14 bits per heavy atom. The van der Waals surface area contributed by atoms with Crippen LogP contribution in [0.1, 0.15) is 50.2 Å². The standard InChI is InChI=1S/C22H31N5O/c1-5-27-12-8-9-17(21(27)18-13-23-26(4)15-18)14-25(3)16(2)22-24-19-10-6-7-11-20(19)28-22/h6-7,10-11,13,15-17,21H,5,8-9,12,14H2,1-4H3/t16-,17-,21+/m0/s1. The lowest BCUT2D eigenvalue weighted by atomic mass is 9.85. The zero-order valence-electron chi connectivity index (χ0n) is 17.4. The van der Waals surface area contributed by atoms with E-state index < -0.39 is 0 Å². The number of aromatic nitrogens is 3. The maximum absolute atomic E-state index is 6.02. The van der Waals surface area contributed by atoms with Crippen molar-refractivity contribution in [2.24, 2.45) is 13.0 Å². The van der Waals surface area contributed by atoms with Gasteiger partial charge in [-0.25, -0.2) is 4.98 Å². The van der Waals surface area contributed by atoms with E-state index in [1.807, 2.05) is 42.2 Å². The lowest BCUT2D eigenvalue weighted by molar-refractivity contribution is 0.0650. The predicted octanol–water partition coefficient (Wildman–Crippen LogP) is 4.03. The van der Waals surface area contributed by atoms with Gasteiger partial charge in [-0.2, -0.15) is 5.10 Å². The van der Waals surface area contributed by atoms with Gasteiger partial charge in [0.2, 0.25) is 5.89 Å². The molecule has 1 aliphatic rings. The molecule has 1 saturated heterocycles. The van der Waals surface area contributed by atoms with E-state index >= 15 is 0 Å². The topological polar surface area (TPSA) is 50.3 Å². The number of piperidine rings is 1. The van der Waals surface area contributed by atoms with Crippen LogP contribution in [0.2, 0.25) is 0 Å². The largest absolute Gasteiger partial charge is 0.439 e. The van der Waals surface area contributed by atoms with Crippen LogP contribution in [0, 0.1) is 5.92 Å². The molecule has 0 spiro atoms. The molecule has 1 fully saturated rings. The molecule has 150 valence electrons. The highest BCUT2D eigenvalue weighted by atomic mass is 16.3. The SMILES string of the molecule is CCN1CCC[C@@H](CN(C)[C@@H](C)c2nc3ccccc3o2)[C@@H]1c1cnn(C)c1. The highest BCUT2D eigenvalue weighted by molar-refractivity contribution is 5.72. The Labute approximate surface area is 167 Å². The van der Waals surface area contributed by atoms with Crippen molar-refractivity contribution in [1.82, 2.24) is 24.6 Å². The van der Waals surface area contributed by atoms with Gasteiger partial charge in [-0.15, -0.1) is 0 Å². The van der Waals surface area contributed by atoms with Gasteiger partial charge >= 0.3 is 0 Å². The van der Waals surface area contributed by atoms with Gasteiger partial charge < -0.3 is 4.42 Å². The van der Waals surface area contributed by atoms with Gasteiger partial charge in [-0.1, -0.05) is 19.1 Å². The number of benzene rings is 1. The molecule has 6 nitrogen and oxygen atoms in total. The van der Waals surface area contributed by atoms with Gasteiger partial charge in [0.1, 0.15) is 5.52 Å². The highest BCUT2D eigenvalue weighted by Gasteiger charge is 2.34. The van der Waals surface area contributed by atoms with E-state index in [2.05, 4.69) is 42.0 Å². The highest BCUT2D eigenvalue weighted by Crippen LogP contribution is 2.37. The molecular weight excluding hydrogens is 350 g/mol. The van der Waals surface area contributed by atoms with E-state index in [1.54, 1.807) is 0 Å². The minimum absolute atomic E-state index is 0.138. The summed E-state index contributed by atoms with van der Waals surface area (Å²) in [4.78, 5) is 9.69. The van der Waals surface area contributed by atoms with Gasteiger partial charge in [0.05, 0.1) is 12.2 Å². The van der Waals surface area contributed by atoms with Crippen LogP contribution in [-0.2, 0) is 7.05 Å². The Morgan fingerprint density at radius 1 is 1.32 bits per heavy atom. The molecule has 0 N–H and O–H groups in total. The number of hydrogen-bond acceptors (Lipinski definition) is 5. The minimum atomic E-state index is 0.138. The molecule has 4 rings (SSSR count). The number of rotatable bonds is 6. The van der Waals surface area contributed by atoms with Crippen molar-refractivity contribution in [2.45, 2.75) is 38.8 Å². The Hall–Kier alpha value is -2.18. The van der Waals surface area contributed by atoms with Crippen LogP contribution >= 0.6 is 0 Å². The third-order valence-electron chi connectivity index (χ3n) is 6.18. The molecule has 28 heavy (non-hydrogen) atoms. The molecule has 2 aromatic heterocycles. The molecule has 0 bridgehead atoms. The second kappa shape index (κ2) is 8.05. The summed E-state index contributed by atoms with van der Waals surface area (Å²) in [5, 5.41) is 4.43. The summed E-state index contributed by atoms with van der Waals surface area (Å²) >= 11 is 0. The van der Waals surface area contributed by atoms with Crippen molar-refractivity contribution in [3.63, 3.8) is 0 Å². The lowest BCUT2D eigenvalue weighted by Crippen LogP contribution is -2.43. The van der Waals surface area contributed by atoms with Crippen LogP contribution in [0.4, 0.5) is 0 Å². The van der Waals surface area contributed by atoms with Crippen LogP contribution in [0.5, 0.6) is 0 Å². The van der Waals surface area contributed by atoms with E-state index in [0.717, 1.165) is 36.6 Å². The second-order valence-electron chi connectivity index (χ2n) is 8.06. The van der Waals surface area contributed by atoms with Crippen molar-refractivity contribution in [1.29, 1.82) is 0 Å². The zero-order valence-corrected chi connectivity index (χ0v) is 17.4. The Balaban J connectivity index is 1.53. The monoisotopic (exact) mass is 381 g/mol. The summed E-state index contributed by atoms with van der Waals surface area (Å²) in [6.07, 6.45) is 6.70. The molecule has 1 aromatic carbocycles. The fourth-order valence-corrected chi connectivity index (χ4v) is 4.56. The number of para-hydroxylation sites is 2. The van der Waals surface area contributed by atoms with E-state index in [0.29, 0.717) is 12.0 Å². The first-order valence-electron chi connectivity index (χ1n) is 10.3. The van der Waals surface area contributed by atoms with Gasteiger partial charge in [-0.05, 0) is 58.0 Å². The average molecular weight is 382 g/mol. The summed E-state index contributed by atoms with van der Waals surface area (Å²) in [5.74, 6) is 1.36. The summed E-state index contributed by atoms with van der Waals surface area (Å²) in [7, 11) is 4.18. The molecular formula is C22H31N5O. The molecule has 3 atom stereocenters. The van der Waals surface area contributed by atoms with Crippen molar-refractivity contribution in [3.8, 4) is 0 Å². The number of likely N-dealkylation sites (tertiary alicyclic amines) is 1. The number of hydrogen-bond donors (Lipinski definition) is 0. The average Bonchev–Trinajstić information content (AvgIpc) is 3.33. The van der Waals surface area contributed by atoms with Crippen molar-refractivity contribution in [3.05, 3.63) is 48.1 Å². The summed E-state index contributed by atoms with van der Waals surface area (Å²) in [5.41, 5.74) is 3.12. The van der Waals surface area contributed by atoms with Gasteiger partial charge in [0.25, 0.3) is 0 Å². The quantitative estimate of drug-likeness (QED) is 0.645. The minimum Gasteiger partial charge on any atom is -0.439 e. The molecule has 0 aliphatic carbocycles. The normalized spacial score (nSPS) is 22.2. The predicted molar refractivity (Wildman–Crippen MR) is 111 cm³/mol. The molecule has 3 heterocycles. The van der Waals surface area contributed by atoms with E-state index in [-0.39, 0.29) is 6.04 Å². The maximum atomic E-state index is 6.02. The summed E-state index contributed by atoms with van der Waals surface area (Å²) in [6, 6.07) is 8.55. The smallest absolute Gasteiger partial charge is 0.212 e. The number of nitrogens with zero attached hydrogens (tertiary/aromatic N) is 5. The van der Waals surface area contributed by atoms with Gasteiger partial charge in [0, 0.05) is 31.4 Å². The fraction of sp³-hybridized carbons (Fsp3) is 0.545. The molecule has 3 aromatic rings. The number of oxazole rings is 1. The molecule has 6 heteroatoms. The molecule has 1 aliphatic heterocycles. The number of fused-ring (bicyclic) bond motifs is 1. The first-order valence-corrected chi connectivity index (χ1v) is 10.3. The van der Waals surface area contributed by atoms with Crippen LogP contribution in [0.3, 0.4) is 0 Å². The number of aryl methyl sites for hydroxylation is 1. The van der Waals surface area contributed by atoms with Crippen LogP contribution in [-0.4, -0.2) is 51.2 Å². The van der Waals surface area contributed by atoms with E-state index in [4.69, 9.17) is 9.40 Å². The molecule has 0 saturated carbocycles. The Bertz CT molecular complexity index is 883. The van der Waals surface area contributed by atoms with Crippen molar-refractivity contribution in [2.75, 3.05) is 26.7 Å². The van der Waals surface area contributed by atoms with Crippen molar-refractivity contribution >= 4 is 11.1 Å². The van der Waals surface area contributed by atoms with E-state index in [9.17, 15) is 0 Å². The van der Waals surface area contributed by atoms with Gasteiger partial charge in [0.15, 0.2) is 5.58 Å². The summed E-state index contributed by atoms with van der Waals surface area (Å²) in [6.45, 7) is 7.69. The van der Waals surface area contributed by atoms with Crippen LogP contribution < -0.4 is 0 Å². The lowest BCUT2D eigenvalue weighted by Gasteiger charge is -2.42. The third-order valence-corrected chi connectivity index (χ3v) is 6.18. The van der Waals surface area contributed by atoms with Crippen LogP contribution in [0.25, 0.3) is 11.1 Å². The van der Waals surface area contributed by atoms with Crippen molar-refractivity contribution < 1.29 is 4.42 Å². The third kappa shape index (κ3) is 3.71. The molecule has 0 unspecified atom stereocenters. The van der Waals surface area contributed by atoms with Crippen LogP contribution in [0.15, 0.2) is 41.1 Å². The molecule has 0 radical (unpaired) electrons. The second-order valence-corrected chi connectivity index (χ2v) is 8.06. The zero-order chi connectivity index (χ0) is 19.7. The Morgan fingerprint density at radius 3 is 2.86 bits per heavy atom. The first kappa shape index (κ1) is 19.2. The fourth-order valence-electron chi connectivity index (χ4n) is 4.56.